The molecule has 0 aliphatic rings. The molecule has 22 heavy (non-hydrogen) atoms. The summed E-state index contributed by atoms with van der Waals surface area (Å²) in [5, 5.41) is 13.0. The van der Waals surface area contributed by atoms with Crippen molar-refractivity contribution in [2.45, 2.75) is 51.2 Å². The molecule has 2 aromatic heterocycles. The molecule has 0 aliphatic heterocycles. The minimum Gasteiger partial charge on any atom is -0.477 e. The van der Waals surface area contributed by atoms with E-state index < -0.39 is 14.3 Å². The molecule has 2 N–H and O–H groups in total. The smallest absolute Gasteiger partial charge is 0.341 e. The van der Waals surface area contributed by atoms with Gasteiger partial charge in [-0.15, -0.1) is 0 Å². The number of carboxylic acids is 1. The van der Waals surface area contributed by atoms with Gasteiger partial charge in [-0.25, -0.2) is 14.3 Å². The lowest BCUT2D eigenvalue weighted by Gasteiger charge is -2.35. The molecular formula is C15H23N3O3Si. The summed E-state index contributed by atoms with van der Waals surface area (Å²) in [4.78, 5) is 25.5. The molecule has 7 heteroatoms. The van der Waals surface area contributed by atoms with Crippen LogP contribution in [0.4, 0.5) is 0 Å². The van der Waals surface area contributed by atoms with Gasteiger partial charge in [0, 0.05) is 12.4 Å². The fraction of sp³-hybridized carbons (Fsp3) is 0.533. The lowest BCUT2D eigenvalue weighted by atomic mass is 10.0. The van der Waals surface area contributed by atoms with Crippen LogP contribution in [0.2, 0.25) is 18.1 Å². The van der Waals surface area contributed by atoms with Crippen LogP contribution in [0.25, 0.3) is 5.65 Å². The number of hydrogen-bond acceptors (Lipinski definition) is 4. The van der Waals surface area contributed by atoms with Gasteiger partial charge in [0.15, 0.2) is 14.0 Å². The molecule has 0 bridgehead atoms. The lowest BCUT2D eigenvalue weighted by Crippen LogP contribution is -2.38. The highest BCUT2D eigenvalue weighted by molar-refractivity contribution is 6.72. The molecule has 0 radical (unpaired) electrons. The summed E-state index contributed by atoms with van der Waals surface area (Å²) in [6.07, 6.45) is 7.57. The van der Waals surface area contributed by atoms with E-state index in [1.54, 1.807) is 6.20 Å². The number of aryl methyl sites for hydroxylation is 1. The number of fused-ring (bicyclic) bond motifs is 1. The summed E-state index contributed by atoms with van der Waals surface area (Å²) in [6, 6.07) is 0. The average molecular weight is 321 g/mol. The zero-order chi connectivity index (χ0) is 16.5. The molecule has 2 heterocycles. The first-order valence-electron chi connectivity index (χ1n) is 7.40. The first-order valence-corrected chi connectivity index (χ1v) is 10.3. The van der Waals surface area contributed by atoms with E-state index in [2.05, 4.69) is 23.9 Å². The van der Waals surface area contributed by atoms with E-state index in [4.69, 9.17) is 5.11 Å². The van der Waals surface area contributed by atoms with Crippen LogP contribution in [-0.2, 0) is 6.42 Å². The Kier molecular flexibility index (Phi) is 4.39. The zero-order valence-corrected chi connectivity index (χ0v) is 14.5. The molecular weight excluding hydrogens is 298 g/mol. The highest BCUT2D eigenvalue weighted by atomic mass is 28.4. The monoisotopic (exact) mass is 321 g/mol. The minimum atomic E-state index is -2.17. The number of rotatable bonds is 6. The standard InChI is InChI=1S/C15H23N3O3Si/c1-15(2,22(3,4)21)7-5-6-11-8-16-13-12(14(19)20)9-17-18(13)10-11/h8-10,21H,5-7H2,1-4H3,(H,19,20). The van der Waals surface area contributed by atoms with Crippen molar-refractivity contribution in [2.75, 3.05) is 0 Å². The van der Waals surface area contributed by atoms with Crippen LogP contribution in [-0.4, -0.2) is 38.8 Å². The maximum absolute atomic E-state index is 11.0. The van der Waals surface area contributed by atoms with Crippen molar-refractivity contribution in [3.8, 4) is 0 Å². The maximum atomic E-state index is 11.0. The summed E-state index contributed by atoms with van der Waals surface area (Å²) < 4.78 is 1.51. The predicted molar refractivity (Wildman–Crippen MR) is 86.6 cm³/mol. The van der Waals surface area contributed by atoms with Gasteiger partial charge in [0.2, 0.25) is 0 Å². The fourth-order valence-electron chi connectivity index (χ4n) is 2.23. The first-order chi connectivity index (χ1) is 10.1. The number of carbonyl (C=O) groups is 1. The maximum Gasteiger partial charge on any atom is 0.341 e. The topological polar surface area (TPSA) is 87.7 Å². The van der Waals surface area contributed by atoms with Gasteiger partial charge in [-0.05, 0) is 43.0 Å². The molecule has 0 atom stereocenters. The van der Waals surface area contributed by atoms with Crippen molar-refractivity contribution in [1.82, 2.24) is 14.6 Å². The molecule has 0 unspecified atom stereocenters. The van der Waals surface area contributed by atoms with E-state index >= 15 is 0 Å². The summed E-state index contributed by atoms with van der Waals surface area (Å²) in [7, 11) is -2.17. The van der Waals surface area contributed by atoms with E-state index in [1.807, 2.05) is 19.3 Å². The van der Waals surface area contributed by atoms with Crippen LogP contribution < -0.4 is 0 Å². The average Bonchev–Trinajstić information content (AvgIpc) is 2.80. The van der Waals surface area contributed by atoms with Gasteiger partial charge in [0.05, 0.1) is 6.20 Å². The van der Waals surface area contributed by atoms with Crippen LogP contribution in [0, 0.1) is 0 Å². The molecule has 0 saturated carbocycles. The normalized spacial score (nSPS) is 12.8. The van der Waals surface area contributed by atoms with E-state index in [-0.39, 0.29) is 10.6 Å². The van der Waals surface area contributed by atoms with Gasteiger partial charge >= 0.3 is 5.97 Å². The molecule has 2 rings (SSSR count). The Hall–Kier alpha value is -1.73. The fourth-order valence-corrected chi connectivity index (χ4v) is 3.02. The summed E-state index contributed by atoms with van der Waals surface area (Å²) in [5.74, 6) is -1.02. The molecule has 2 aromatic rings. The third kappa shape index (κ3) is 3.36. The first kappa shape index (κ1) is 16.6. The second kappa shape index (κ2) is 5.81. The van der Waals surface area contributed by atoms with Crippen molar-refractivity contribution in [3.05, 3.63) is 29.7 Å². The Balaban J connectivity index is 2.06. The second-order valence-corrected chi connectivity index (χ2v) is 11.4. The van der Waals surface area contributed by atoms with Crippen LogP contribution in [0.3, 0.4) is 0 Å². The number of aromatic carboxylic acids is 1. The van der Waals surface area contributed by atoms with Crippen molar-refractivity contribution in [2.24, 2.45) is 0 Å². The molecule has 0 saturated heterocycles. The quantitative estimate of drug-likeness (QED) is 0.799. The van der Waals surface area contributed by atoms with Gasteiger partial charge in [-0.2, -0.15) is 5.10 Å². The SMILES string of the molecule is CC(C)(CCCc1cnc2c(C(=O)O)cnn2c1)[Si](C)(C)O. The Labute approximate surface area is 130 Å². The van der Waals surface area contributed by atoms with Gasteiger partial charge < -0.3 is 9.90 Å². The van der Waals surface area contributed by atoms with Gasteiger partial charge in [0.25, 0.3) is 0 Å². The van der Waals surface area contributed by atoms with E-state index in [0.717, 1.165) is 24.8 Å². The largest absolute Gasteiger partial charge is 0.477 e. The number of aromatic nitrogens is 3. The molecule has 0 fully saturated rings. The van der Waals surface area contributed by atoms with E-state index in [9.17, 15) is 9.59 Å². The second-order valence-electron chi connectivity index (χ2n) is 6.89. The van der Waals surface area contributed by atoms with Crippen LogP contribution in [0.15, 0.2) is 18.6 Å². The van der Waals surface area contributed by atoms with E-state index in [0.29, 0.717) is 5.65 Å². The lowest BCUT2D eigenvalue weighted by molar-refractivity contribution is 0.0698. The molecule has 0 aromatic carbocycles. The van der Waals surface area contributed by atoms with Crippen molar-refractivity contribution in [1.29, 1.82) is 0 Å². The zero-order valence-electron chi connectivity index (χ0n) is 13.5. The summed E-state index contributed by atoms with van der Waals surface area (Å²) in [6.45, 7) is 8.18. The van der Waals surface area contributed by atoms with E-state index in [1.165, 1.54) is 10.7 Å². The summed E-state index contributed by atoms with van der Waals surface area (Å²) in [5.41, 5.74) is 1.49. The number of carboxylic acid groups (broad SMARTS) is 1. The molecule has 6 nitrogen and oxygen atoms in total. The Morgan fingerprint density at radius 3 is 2.64 bits per heavy atom. The predicted octanol–water partition coefficient (Wildman–Crippen LogP) is 2.73. The Morgan fingerprint density at radius 1 is 1.36 bits per heavy atom. The Morgan fingerprint density at radius 2 is 2.05 bits per heavy atom. The third-order valence-electron chi connectivity index (χ3n) is 4.56. The number of hydrogen-bond donors (Lipinski definition) is 2. The number of nitrogens with zero attached hydrogens (tertiary/aromatic N) is 3. The van der Waals surface area contributed by atoms with Crippen LogP contribution in [0.1, 0.15) is 42.6 Å². The van der Waals surface area contributed by atoms with Gasteiger partial charge in [0.1, 0.15) is 5.56 Å². The van der Waals surface area contributed by atoms with Gasteiger partial charge in [-0.1, -0.05) is 13.8 Å². The van der Waals surface area contributed by atoms with Crippen LogP contribution >= 0.6 is 0 Å². The van der Waals surface area contributed by atoms with Crippen molar-refractivity contribution >= 4 is 19.9 Å². The van der Waals surface area contributed by atoms with Gasteiger partial charge in [-0.3, -0.25) is 0 Å². The molecule has 0 aliphatic carbocycles. The summed E-state index contributed by atoms with van der Waals surface area (Å²) >= 11 is 0. The highest BCUT2D eigenvalue weighted by Crippen LogP contribution is 2.40. The molecule has 0 spiro atoms. The Bertz CT molecular complexity index is 689. The van der Waals surface area contributed by atoms with Crippen LogP contribution in [0.5, 0.6) is 0 Å². The highest BCUT2D eigenvalue weighted by Gasteiger charge is 2.37. The third-order valence-corrected chi connectivity index (χ3v) is 8.13. The van der Waals surface area contributed by atoms with Crippen molar-refractivity contribution in [3.63, 3.8) is 0 Å². The van der Waals surface area contributed by atoms with Crippen molar-refractivity contribution < 1.29 is 14.7 Å². The molecule has 120 valence electrons. The molecule has 0 amide bonds. The minimum absolute atomic E-state index is 0.0350.